The standard InChI is InChI=1S/C15H19FN2O/c16-14-4-2-1-3-11(14)9-18(13-7-8-13)10-15(19)17-12-5-6-12/h1-4,12-13H,5-10H2,(H,17,19). The molecule has 102 valence electrons. The minimum Gasteiger partial charge on any atom is -0.352 e. The second-order valence-corrected chi connectivity index (χ2v) is 5.57. The molecule has 2 saturated carbocycles. The molecule has 0 bridgehead atoms. The molecule has 4 heteroatoms. The molecule has 0 heterocycles. The Kier molecular flexibility index (Phi) is 3.51. The van der Waals surface area contributed by atoms with Gasteiger partial charge in [-0.25, -0.2) is 4.39 Å². The SMILES string of the molecule is O=C(CN(Cc1ccccc1F)C1CC1)NC1CC1. The lowest BCUT2D eigenvalue weighted by molar-refractivity contribution is -0.122. The first-order valence-electron chi connectivity index (χ1n) is 6.99. The number of benzene rings is 1. The summed E-state index contributed by atoms with van der Waals surface area (Å²) >= 11 is 0. The Morgan fingerprint density at radius 1 is 1.26 bits per heavy atom. The van der Waals surface area contributed by atoms with Crippen LogP contribution in [-0.4, -0.2) is 29.4 Å². The van der Waals surface area contributed by atoms with Crippen LogP contribution in [0.25, 0.3) is 0 Å². The largest absolute Gasteiger partial charge is 0.352 e. The monoisotopic (exact) mass is 262 g/mol. The van der Waals surface area contributed by atoms with E-state index < -0.39 is 0 Å². The summed E-state index contributed by atoms with van der Waals surface area (Å²) in [5, 5.41) is 2.99. The average Bonchev–Trinajstić information content (AvgIpc) is 3.24. The zero-order valence-corrected chi connectivity index (χ0v) is 10.9. The highest BCUT2D eigenvalue weighted by atomic mass is 19.1. The van der Waals surface area contributed by atoms with Crippen LogP contribution in [-0.2, 0) is 11.3 Å². The van der Waals surface area contributed by atoms with Crippen molar-refractivity contribution in [2.45, 2.75) is 44.3 Å². The van der Waals surface area contributed by atoms with Crippen molar-refractivity contribution in [2.24, 2.45) is 0 Å². The number of amides is 1. The first kappa shape index (κ1) is 12.6. The Balaban J connectivity index is 1.60. The Labute approximate surface area is 112 Å². The van der Waals surface area contributed by atoms with Crippen LogP contribution in [0.4, 0.5) is 4.39 Å². The third kappa shape index (κ3) is 3.53. The van der Waals surface area contributed by atoms with Gasteiger partial charge in [0.2, 0.25) is 5.91 Å². The van der Waals surface area contributed by atoms with E-state index >= 15 is 0 Å². The second kappa shape index (κ2) is 5.29. The first-order chi connectivity index (χ1) is 9.22. The average molecular weight is 262 g/mol. The van der Waals surface area contributed by atoms with Crippen LogP contribution in [0.3, 0.4) is 0 Å². The number of halogens is 1. The van der Waals surface area contributed by atoms with Gasteiger partial charge in [0, 0.05) is 24.2 Å². The lowest BCUT2D eigenvalue weighted by Gasteiger charge is -2.21. The number of rotatable bonds is 6. The summed E-state index contributed by atoms with van der Waals surface area (Å²) < 4.78 is 13.7. The van der Waals surface area contributed by atoms with Crippen LogP contribution < -0.4 is 5.32 Å². The Bertz CT molecular complexity index is 469. The van der Waals surface area contributed by atoms with Gasteiger partial charge < -0.3 is 5.32 Å². The van der Waals surface area contributed by atoms with E-state index in [4.69, 9.17) is 0 Å². The van der Waals surface area contributed by atoms with Crippen LogP contribution in [0.2, 0.25) is 0 Å². The van der Waals surface area contributed by atoms with E-state index in [0.717, 1.165) is 25.7 Å². The van der Waals surface area contributed by atoms with Crippen LogP contribution >= 0.6 is 0 Å². The predicted molar refractivity (Wildman–Crippen MR) is 71.0 cm³/mol. The first-order valence-corrected chi connectivity index (χ1v) is 6.99. The van der Waals surface area contributed by atoms with Gasteiger partial charge in [0.05, 0.1) is 6.54 Å². The van der Waals surface area contributed by atoms with Crippen LogP contribution in [0, 0.1) is 5.82 Å². The maximum Gasteiger partial charge on any atom is 0.234 e. The van der Waals surface area contributed by atoms with Gasteiger partial charge in [0.1, 0.15) is 5.82 Å². The van der Waals surface area contributed by atoms with Crippen LogP contribution in [0.15, 0.2) is 24.3 Å². The van der Waals surface area contributed by atoms with Crippen molar-refractivity contribution in [3.05, 3.63) is 35.6 Å². The predicted octanol–water partition coefficient (Wildman–Crippen LogP) is 2.07. The van der Waals surface area contributed by atoms with E-state index in [0.29, 0.717) is 30.7 Å². The molecule has 0 aromatic heterocycles. The Hall–Kier alpha value is -1.42. The molecule has 2 aliphatic carbocycles. The highest BCUT2D eigenvalue weighted by Gasteiger charge is 2.32. The van der Waals surface area contributed by atoms with E-state index in [1.165, 1.54) is 6.07 Å². The molecule has 0 atom stereocenters. The maximum atomic E-state index is 13.7. The summed E-state index contributed by atoms with van der Waals surface area (Å²) in [6.07, 6.45) is 4.43. The van der Waals surface area contributed by atoms with Gasteiger partial charge in [0.15, 0.2) is 0 Å². The zero-order valence-electron chi connectivity index (χ0n) is 10.9. The third-order valence-corrected chi connectivity index (χ3v) is 3.68. The van der Waals surface area contributed by atoms with Crippen molar-refractivity contribution in [1.82, 2.24) is 10.2 Å². The molecule has 0 aliphatic heterocycles. The molecule has 2 aliphatic rings. The summed E-state index contributed by atoms with van der Waals surface area (Å²) in [7, 11) is 0. The van der Waals surface area contributed by atoms with E-state index in [1.54, 1.807) is 12.1 Å². The molecule has 3 nitrogen and oxygen atoms in total. The summed E-state index contributed by atoms with van der Waals surface area (Å²) in [5.41, 5.74) is 0.675. The van der Waals surface area contributed by atoms with Gasteiger partial charge in [-0.3, -0.25) is 9.69 Å². The summed E-state index contributed by atoms with van der Waals surface area (Å²) in [5.74, 6) is -0.110. The summed E-state index contributed by atoms with van der Waals surface area (Å²) in [6, 6.07) is 7.65. The molecular formula is C15H19FN2O. The van der Waals surface area contributed by atoms with E-state index in [9.17, 15) is 9.18 Å². The molecule has 0 radical (unpaired) electrons. The van der Waals surface area contributed by atoms with E-state index in [1.807, 2.05) is 6.07 Å². The topological polar surface area (TPSA) is 32.3 Å². The second-order valence-electron chi connectivity index (χ2n) is 5.57. The molecule has 0 spiro atoms. The highest BCUT2D eigenvalue weighted by molar-refractivity contribution is 5.78. The maximum absolute atomic E-state index is 13.7. The van der Waals surface area contributed by atoms with Gasteiger partial charge in [0.25, 0.3) is 0 Å². The van der Waals surface area contributed by atoms with Crippen LogP contribution in [0.1, 0.15) is 31.2 Å². The molecular weight excluding hydrogens is 243 g/mol. The molecule has 1 aromatic rings. The van der Waals surface area contributed by atoms with Gasteiger partial charge in [-0.1, -0.05) is 18.2 Å². The number of nitrogens with zero attached hydrogens (tertiary/aromatic N) is 1. The number of carbonyl (C=O) groups excluding carboxylic acids is 1. The van der Waals surface area contributed by atoms with Crippen molar-refractivity contribution >= 4 is 5.91 Å². The molecule has 3 rings (SSSR count). The van der Waals surface area contributed by atoms with Gasteiger partial charge in [-0.2, -0.15) is 0 Å². The normalized spacial score (nSPS) is 18.6. The summed E-state index contributed by atoms with van der Waals surface area (Å²) in [4.78, 5) is 14.0. The molecule has 1 amide bonds. The van der Waals surface area contributed by atoms with Gasteiger partial charge >= 0.3 is 0 Å². The van der Waals surface area contributed by atoms with Crippen molar-refractivity contribution in [3.63, 3.8) is 0 Å². The number of hydrogen-bond donors (Lipinski definition) is 1. The molecule has 19 heavy (non-hydrogen) atoms. The van der Waals surface area contributed by atoms with Crippen molar-refractivity contribution in [1.29, 1.82) is 0 Å². The summed E-state index contributed by atoms with van der Waals surface area (Å²) in [6.45, 7) is 0.908. The Morgan fingerprint density at radius 3 is 2.63 bits per heavy atom. The smallest absolute Gasteiger partial charge is 0.234 e. The van der Waals surface area contributed by atoms with Crippen LogP contribution in [0.5, 0.6) is 0 Å². The highest BCUT2D eigenvalue weighted by Crippen LogP contribution is 2.28. The lowest BCUT2D eigenvalue weighted by atomic mass is 10.2. The number of nitrogens with one attached hydrogen (secondary N) is 1. The minimum absolute atomic E-state index is 0.0748. The fraction of sp³-hybridized carbons (Fsp3) is 0.533. The minimum atomic E-state index is -0.184. The quantitative estimate of drug-likeness (QED) is 0.851. The molecule has 1 aromatic carbocycles. The van der Waals surface area contributed by atoms with Crippen molar-refractivity contribution in [3.8, 4) is 0 Å². The van der Waals surface area contributed by atoms with E-state index in [-0.39, 0.29) is 11.7 Å². The van der Waals surface area contributed by atoms with Gasteiger partial charge in [-0.15, -0.1) is 0 Å². The van der Waals surface area contributed by atoms with Crippen molar-refractivity contribution < 1.29 is 9.18 Å². The lowest BCUT2D eigenvalue weighted by Crippen LogP contribution is -2.39. The molecule has 0 unspecified atom stereocenters. The molecule has 2 fully saturated rings. The number of carbonyl (C=O) groups is 1. The van der Waals surface area contributed by atoms with E-state index in [2.05, 4.69) is 10.2 Å². The fourth-order valence-electron chi connectivity index (χ4n) is 2.28. The molecule has 0 saturated heterocycles. The zero-order chi connectivity index (χ0) is 13.2. The van der Waals surface area contributed by atoms with Crippen molar-refractivity contribution in [2.75, 3.05) is 6.54 Å². The Morgan fingerprint density at radius 2 is 2.00 bits per heavy atom. The fourth-order valence-corrected chi connectivity index (χ4v) is 2.28. The number of hydrogen-bond acceptors (Lipinski definition) is 2. The third-order valence-electron chi connectivity index (χ3n) is 3.68. The van der Waals surface area contributed by atoms with Gasteiger partial charge in [-0.05, 0) is 31.7 Å². The molecule has 1 N–H and O–H groups in total.